The summed E-state index contributed by atoms with van der Waals surface area (Å²) in [5, 5.41) is 3.44. The Morgan fingerprint density at radius 3 is 3.07 bits per heavy atom. The van der Waals surface area contributed by atoms with Gasteiger partial charge in [-0.1, -0.05) is 12.0 Å². The number of anilines is 1. The van der Waals surface area contributed by atoms with Crippen LogP contribution in [-0.2, 0) is 4.74 Å². The molecule has 0 bridgehead atoms. The van der Waals surface area contributed by atoms with Crippen LogP contribution in [0.25, 0.3) is 0 Å². The van der Waals surface area contributed by atoms with E-state index < -0.39 is 0 Å². The third-order valence-electron chi connectivity index (χ3n) is 2.76. The summed E-state index contributed by atoms with van der Waals surface area (Å²) in [5.74, 6) is 2.63. The van der Waals surface area contributed by atoms with Crippen molar-refractivity contribution >= 4 is 5.69 Å². The van der Waals surface area contributed by atoms with Crippen molar-refractivity contribution in [1.82, 2.24) is 0 Å². The van der Waals surface area contributed by atoms with Crippen LogP contribution in [0.15, 0.2) is 24.3 Å². The van der Waals surface area contributed by atoms with Crippen molar-refractivity contribution in [3.8, 4) is 12.3 Å². The monoisotopic (exact) mass is 201 g/mol. The Balaban J connectivity index is 2.07. The summed E-state index contributed by atoms with van der Waals surface area (Å²) in [5.41, 5.74) is 1.99. The maximum Gasteiger partial charge on any atom is 0.0748 e. The third-order valence-corrected chi connectivity index (χ3v) is 2.76. The zero-order valence-corrected chi connectivity index (χ0v) is 8.86. The number of ether oxygens (including phenoxy) is 1. The number of nitrogens with one attached hydrogen (secondary N) is 1. The summed E-state index contributed by atoms with van der Waals surface area (Å²) in [6.45, 7) is 2.93. The summed E-state index contributed by atoms with van der Waals surface area (Å²) in [7, 11) is 0. The van der Waals surface area contributed by atoms with Crippen molar-refractivity contribution in [1.29, 1.82) is 0 Å². The van der Waals surface area contributed by atoms with Crippen LogP contribution in [0.2, 0.25) is 0 Å². The first-order valence-electron chi connectivity index (χ1n) is 5.24. The molecule has 2 unspecified atom stereocenters. The molecule has 78 valence electrons. The predicted molar refractivity (Wildman–Crippen MR) is 61.8 cm³/mol. The minimum atomic E-state index is 0.277. The van der Waals surface area contributed by atoms with Gasteiger partial charge in [0.2, 0.25) is 0 Å². The Kier molecular flexibility index (Phi) is 2.94. The molecule has 2 atom stereocenters. The second kappa shape index (κ2) is 4.37. The van der Waals surface area contributed by atoms with E-state index in [1.807, 2.05) is 24.3 Å². The summed E-state index contributed by atoms with van der Waals surface area (Å²) in [4.78, 5) is 0. The Bertz CT molecular complexity index is 380. The van der Waals surface area contributed by atoms with Gasteiger partial charge in [0.15, 0.2) is 0 Å². The first-order chi connectivity index (χ1) is 7.29. The van der Waals surface area contributed by atoms with Gasteiger partial charge in [0.25, 0.3) is 0 Å². The van der Waals surface area contributed by atoms with Crippen LogP contribution in [-0.4, -0.2) is 18.8 Å². The minimum Gasteiger partial charge on any atom is -0.380 e. The number of benzene rings is 1. The van der Waals surface area contributed by atoms with Crippen molar-refractivity contribution in [3.05, 3.63) is 29.8 Å². The number of terminal acetylenes is 1. The van der Waals surface area contributed by atoms with Crippen LogP contribution in [0.5, 0.6) is 0 Å². The van der Waals surface area contributed by atoms with Gasteiger partial charge in [-0.05, 0) is 31.5 Å². The lowest BCUT2D eigenvalue weighted by molar-refractivity contribution is 0.121. The van der Waals surface area contributed by atoms with Crippen molar-refractivity contribution in [2.45, 2.75) is 25.5 Å². The summed E-state index contributed by atoms with van der Waals surface area (Å²) in [6, 6.07) is 8.33. The van der Waals surface area contributed by atoms with Gasteiger partial charge in [-0.15, -0.1) is 6.42 Å². The summed E-state index contributed by atoms with van der Waals surface area (Å²) >= 11 is 0. The molecule has 2 heteroatoms. The van der Waals surface area contributed by atoms with Gasteiger partial charge in [0, 0.05) is 17.9 Å². The van der Waals surface area contributed by atoms with Gasteiger partial charge < -0.3 is 10.1 Å². The van der Waals surface area contributed by atoms with Crippen LogP contribution in [0.3, 0.4) is 0 Å². The van der Waals surface area contributed by atoms with E-state index in [0.29, 0.717) is 6.04 Å². The maximum atomic E-state index is 5.49. The first kappa shape index (κ1) is 10.1. The number of hydrogen-bond donors (Lipinski definition) is 1. The zero-order chi connectivity index (χ0) is 10.7. The Labute approximate surface area is 90.6 Å². The molecular weight excluding hydrogens is 186 g/mol. The van der Waals surface area contributed by atoms with E-state index in [2.05, 4.69) is 18.2 Å². The lowest BCUT2D eigenvalue weighted by atomic mass is 10.1. The number of rotatable bonds is 2. The number of hydrogen-bond acceptors (Lipinski definition) is 2. The van der Waals surface area contributed by atoms with Crippen molar-refractivity contribution in [2.24, 2.45) is 0 Å². The van der Waals surface area contributed by atoms with E-state index in [1.54, 1.807) is 0 Å². The summed E-state index contributed by atoms with van der Waals surface area (Å²) in [6.07, 6.45) is 6.69. The summed E-state index contributed by atoms with van der Waals surface area (Å²) < 4.78 is 5.49. The van der Waals surface area contributed by atoms with Gasteiger partial charge in [0.1, 0.15) is 0 Å². The highest BCUT2D eigenvalue weighted by molar-refractivity contribution is 5.50. The van der Waals surface area contributed by atoms with E-state index in [-0.39, 0.29) is 6.10 Å². The standard InChI is InChI=1S/C13H15NO/c1-3-11-5-4-6-12(9-11)14-13-7-8-15-10(13)2/h1,4-6,9-10,13-14H,7-8H2,2H3. The second-order valence-corrected chi connectivity index (χ2v) is 3.84. The lowest BCUT2D eigenvalue weighted by Gasteiger charge is -2.17. The smallest absolute Gasteiger partial charge is 0.0748 e. The molecule has 0 radical (unpaired) electrons. The third kappa shape index (κ3) is 2.31. The molecule has 15 heavy (non-hydrogen) atoms. The normalized spacial score (nSPS) is 24.8. The molecule has 1 aromatic rings. The molecule has 0 aromatic heterocycles. The van der Waals surface area contributed by atoms with E-state index in [4.69, 9.17) is 11.2 Å². The molecular formula is C13H15NO. The maximum absolute atomic E-state index is 5.49. The van der Waals surface area contributed by atoms with Gasteiger partial charge in [-0.3, -0.25) is 0 Å². The fourth-order valence-electron chi connectivity index (χ4n) is 1.83. The average Bonchev–Trinajstić information content (AvgIpc) is 2.65. The van der Waals surface area contributed by atoms with Crippen LogP contribution >= 0.6 is 0 Å². The highest BCUT2D eigenvalue weighted by atomic mass is 16.5. The van der Waals surface area contributed by atoms with Gasteiger partial charge in [-0.25, -0.2) is 0 Å². The van der Waals surface area contributed by atoms with Crippen molar-refractivity contribution in [3.63, 3.8) is 0 Å². The van der Waals surface area contributed by atoms with Crippen LogP contribution in [0.1, 0.15) is 18.9 Å². The molecule has 1 aromatic carbocycles. The average molecular weight is 201 g/mol. The SMILES string of the molecule is C#Cc1cccc(NC2CCOC2C)c1. The van der Waals surface area contributed by atoms with Gasteiger partial charge in [-0.2, -0.15) is 0 Å². The van der Waals surface area contributed by atoms with E-state index in [9.17, 15) is 0 Å². The van der Waals surface area contributed by atoms with Crippen LogP contribution in [0.4, 0.5) is 5.69 Å². The highest BCUT2D eigenvalue weighted by Gasteiger charge is 2.23. The molecule has 1 fully saturated rings. The molecule has 0 saturated carbocycles. The van der Waals surface area contributed by atoms with E-state index in [0.717, 1.165) is 24.3 Å². The van der Waals surface area contributed by atoms with Crippen molar-refractivity contribution < 1.29 is 4.74 Å². The van der Waals surface area contributed by atoms with Gasteiger partial charge in [0.05, 0.1) is 12.1 Å². The van der Waals surface area contributed by atoms with E-state index in [1.165, 1.54) is 0 Å². The quantitative estimate of drug-likeness (QED) is 0.741. The fourth-order valence-corrected chi connectivity index (χ4v) is 1.83. The first-order valence-corrected chi connectivity index (χ1v) is 5.24. The minimum absolute atomic E-state index is 0.277. The lowest BCUT2D eigenvalue weighted by Crippen LogP contribution is -2.26. The molecule has 2 nitrogen and oxygen atoms in total. The van der Waals surface area contributed by atoms with Gasteiger partial charge >= 0.3 is 0 Å². The van der Waals surface area contributed by atoms with Crippen LogP contribution < -0.4 is 5.32 Å². The van der Waals surface area contributed by atoms with Crippen molar-refractivity contribution in [2.75, 3.05) is 11.9 Å². The fraction of sp³-hybridized carbons (Fsp3) is 0.385. The molecule has 0 spiro atoms. The molecule has 0 amide bonds. The zero-order valence-electron chi connectivity index (χ0n) is 8.86. The molecule has 1 heterocycles. The molecule has 1 aliphatic rings. The molecule has 1 N–H and O–H groups in total. The second-order valence-electron chi connectivity index (χ2n) is 3.84. The van der Waals surface area contributed by atoms with Crippen LogP contribution in [0, 0.1) is 12.3 Å². The molecule has 2 rings (SSSR count). The largest absolute Gasteiger partial charge is 0.380 e. The van der Waals surface area contributed by atoms with E-state index >= 15 is 0 Å². The topological polar surface area (TPSA) is 21.3 Å². The Morgan fingerprint density at radius 1 is 1.53 bits per heavy atom. The Hall–Kier alpha value is -1.46. The predicted octanol–water partition coefficient (Wildman–Crippen LogP) is 2.26. The molecule has 1 saturated heterocycles. The highest BCUT2D eigenvalue weighted by Crippen LogP contribution is 2.19. The molecule has 0 aliphatic carbocycles. The molecule has 1 aliphatic heterocycles. The Morgan fingerprint density at radius 2 is 2.40 bits per heavy atom.